The fourth-order valence-corrected chi connectivity index (χ4v) is 0.815. The largest absolute Gasteiger partial charge is 0.472 e. The lowest BCUT2D eigenvalue weighted by Gasteiger charge is -1.90. The van der Waals surface area contributed by atoms with Crippen LogP contribution in [0.25, 0.3) is 0 Å². The maximum Gasteiger partial charge on any atom is 0.382 e. The summed E-state index contributed by atoms with van der Waals surface area (Å²) in [7, 11) is 0. The molecule has 0 spiro atoms. The molecule has 1 aromatic rings. The Labute approximate surface area is 75.0 Å². The van der Waals surface area contributed by atoms with Crippen LogP contribution in [-0.2, 0) is 4.79 Å². The maximum absolute atomic E-state index is 10.3. The Morgan fingerprint density at radius 2 is 2.23 bits per heavy atom. The van der Waals surface area contributed by atoms with Crippen molar-refractivity contribution in [1.82, 2.24) is 0 Å². The Morgan fingerprint density at radius 3 is 2.85 bits per heavy atom. The van der Waals surface area contributed by atoms with Crippen molar-refractivity contribution < 1.29 is 14.7 Å². The molecular formula is C10H6O3. The van der Waals surface area contributed by atoms with E-state index in [1.807, 2.05) is 5.92 Å². The number of hydrogen-bond acceptors (Lipinski definition) is 2. The molecule has 0 radical (unpaired) electrons. The van der Waals surface area contributed by atoms with Gasteiger partial charge in [0.15, 0.2) is 0 Å². The molecule has 0 saturated carbocycles. The predicted octanol–water partition coefficient (Wildman–Crippen LogP) is 0.935. The van der Waals surface area contributed by atoms with Crippen molar-refractivity contribution in [2.45, 2.75) is 0 Å². The first-order valence-electron chi connectivity index (χ1n) is 3.52. The van der Waals surface area contributed by atoms with E-state index in [1.54, 1.807) is 18.2 Å². The monoisotopic (exact) mass is 174 g/mol. The van der Waals surface area contributed by atoms with Gasteiger partial charge in [-0.15, -0.1) is 0 Å². The summed E-state index contributed by atoms with van der Waals surface area (Å²) < 4.78 is 0. The SMILES string of the molecule is O=Cc1cccc(C#CC(=O)O)c1. The molecule has 0 amide bonds. The van der Waals surface area contributed by atoms with Crippen LogP contribution >= 0.6 is 0 Å². The van der Waals surface area contributed by atoms with Crippen LogP contribution in [0.4, 0.5) is 0 Å². The second kappa shape index (κ2) is 4.07. The van der Waals surface area contributed by atoms with E-state index in [4.69, 9.17) is 5.11 Å². The van der Waals surface area contributed by atoms with Gasteiger partial charge in [0.25, 0.3) is 0 Å². The molecular weight excluding hydrogens is 168 g/mol. The van der Waals surface area contributed by atoms with Gasteiger partial charge in [-0.1, -0.05) is 18.1 Å². The zero-order chi connectivity index (χ0) is 9.68. The van der Waals surface area contributed by atoms with Gasteiger partial charge in [-0.2, -0.15) is 0 Å². The fourth-order valence-electron chi connectivity index (χ4n) is 0.815. The molecule has 1 rings (SSSR count). The third-order valence-electron chi connectivity index (χ3n) is 1.34. The first kappa shape index (κ1) is 9.01. The van der Waals surface area contributed by atoms with E-state index in [9.17, 15) is 9.59 Å². The van der Waals surface area contributed by atoms with Crippen LogP contribution in [0.2, 0.25) is 0 Å². The summed E-state index contributed by atoms with van der Waals surface area (Å²) in [5.74, 6) is 3.19. The molecule has 3 nitrogen and oxygen atoms in total. The standard InChI is InChI=1S/C10H6O3/c11-7-9-3-1-2-8(6-9)4-5-10(12)13/h1-3,6-7H,(H,12,13). The summed E-state index contributed by atoms with van der Waals surface area (Å²) in [5, 5.41) is 8.26. The van der Waals surface area contributed by atoms with Crippen molar-refractivity contribution >= 4 is 12.3 Å². The molecule has 0 aliphatic rings. The molecule has 0 aliphatic heterocycles. The lowest BCUT2D eigenvalue weighted by molar-refractivity contribution is -0.130. The van der Waals surface area contributed by atoms with E-state index >= 15 is 0 Å². The van der Waals surface area contributed by atoms with Crippen LogP contribution in [0, 0.1) is 11.8 Å². The average Bonchev–Trinajstić information content (AvgIpc) is 2.15. The van der Waals surface area contributed by atoms with Crippen LogP contribution in [-0.4, -0.2) is 17.4 Å². The molecule has 0 fully saturated rings. The summed E-state index contributed by atoms with van der Waals surface area (Å²) in [6, 6.07) is 6.44. The molecule has 1 N–H and O–H groups in total. The second-order valence-electron chi connectivity index (χ2n) is 2.30. The topological polar surface area (TPSA) is 54.4 Å². The number of carbonyl (C=O) groups excluding carboxylic acids is 1. The van der Waals surface area contributed by atoms with Crippen LogP contribution in [0.15, 0.2) is 24.3 Å². The Balaban J connectivity index is 2.98. The highest BCUT2D eigenvalue weighted by atomic mass is 16.4. The minimum Gasteiger partial charge on any atom is -0.472 e. The number of aliphatic carboxylic acids is 1. The van der Waals surface area contributed by atoms with E-state index < -0.39 is 5.97 Å². The number of rotatable bonds is 1. The molecule has 0 saturated heterocycles. The number of aldehydes is 1. The smallest absolute Gasteiger partial charge is 0.382 e. The van der Waals surface area contributed by atoms with Gasteiger partial charge in [-0.3, -0.25) is 4.79 Å². The van der Waals surface area contributed by atoms with Crippen LogP contribution in [0.1, 0.15) is 15.9 Å². The first-order valence-corrected chi connectivity index (χ1v) is 3.52. The van der Waals surface area contributed by atoms with Crippen molar-refractivity contribution in [1.29, 1.82) is 0 Å². The van der Waals surface area contributed by atoms with Crippen LogP contribution in [0.5, 0.6) is 0 Å². The Kier molecular flexibility index (Phi) is 2.82. The average molecular weight is 174 g/mol. The molecule has 0 bridgehead atoms. The summed E-state index contributed by atoms with van der Waals surface area (Å²) in [4.78, 5) is 20.4. The molecule has 1 aromatic carbocycles. The second-order valence-corrected chi connectivity index (χ2v) is 2.30. The van der Waals surface area contributed by atoms with E-state index in [-0.39, 0.29) is 0 Å². The lowest BCUT2D eigenvalue weighted by Crippen LogP contribution is -1.87. The molecule has 0 unspecified atom stereocenters. The van der Waals surface area contributed by atoms with Gasteiger partial charge in [0.1, 0.15) is 6.29 Å². The summed E-state index contributed by atoms with van der Waals surface area (Å²) >= 11 is 0. The first-order chi connectivity index (χ1) is 6.22. The van der Waals surface area contributed by atoms with Crippen LogP contribution < -0.4 is 0 Å². The number of benzene rings is 1. The summed E-state index contributed by atoms with van der Waals surface area (Å²) in [5.41, 5.74) is 1.00. The van der Waals surface area contributed by atoms with Gasteiger partial charge in [0.2, 0.25) is 0 Å². The molecule has 0 aliphatic carbocycles. The van der Waals surface area contributed by atoms with Crippen LogP contribution in [0.3, 0.4) is 0 Å². The van der Waals surface area contributed by atoms with Crippen molar-refractivity contribution in [3.8, 4) is 11.8 Å². The Bertz CT molecular complexity index is 396. The van der Waals surface area contributed by atoms with Gasteiger partial charge in [0.05, 0.1) is 0 Å². The maximum atomic E-state index is 10.3. The highest BCUT2D eigenvalue weighted by Gasteiger charge is 1.91. The highest BCUT2D eigenvalue weighted by Crippen LogP contribution is 2.00. The van der Waals surface area contributed by atoms with Gasteiger partial charge < -0.3 is 5.11 Å². The lowest BCUT2D eigenvalue weighted by atomic mass is 10.1. The number of carboxylic acids is 1. The van der Waals surface area contributed by atoms with Gasteiger partial charge in [-0.05, 0) is 12.1 Å². The van der Waals surface area contributed by atoms with Crippen molar-refractivity contribution in [2.24, 2.45) is 0 Å². The fraction of sp³-hybridized carbons (Fsp3) is 0. The quantitative estimate of drug-likeness (QED) is 0.509. The normalized spacial score (nSPS) is 8.31. The summed E-state index contributed by atoms with van der Waals surface area (Å²) in [6.07, 6.45) is 0.686. The zero-order valence-electron chi connectivity index (χ0n) is 6.65. The van der Waals surface area contributed by atoms with Crippen molar-refractivity contribution in [3.63, 3.8) is 0 Å². The molecule has 0 atom stereocenters. The Morgan fingerprint density at radius 1 is 1.46 bits per heavy atom. The summed E-state index contributed by atoms with van der Waals surface area (Å²) in [6.45, 7) is 0. The number of carbonyl (C=O) groups is 2. The van der Waals surface area contributed by atoms with Gasteiger partial charge in [0, 0.05) is 17.0 Å². The molecule has 13 heavy (non-hydrogen) atoms. The zero-order valence-corrected chi connectivity index (χ0v) is 6.65. The van der Waals surface area contributed by atoms with Crippen molar-refractivity contribution in [3.05, 3.63) is 35.4 Å². The number of hydrogen-bond donors (Lipinski definition) is 1. The number of carboxylic acid groups (broad SMARTS) is 1. The predicted molar refractivity (Wildman–Crippen MR) is 46.3 cm³/mol. The molecule has 0 aromatic heterocycles. The molecule has 0 heterocycles. The van der Waals surface area contributed by atoms with Crippen molar-refractivity contribution in [2.75, 3.05) is 0 Å². The highest BCUT2D eigenvalue weighted by molar-refractivity contribution is 5.87. The molecule has 64 valence electrons. The Hall–Kier alpha value is -2.08. The minimum absolute atomic E-state index is 0.484. The minimum atomic E-state index is -1.18. The van der Waals surface area contributed by atoms with E-state index in [2.05, 4.69) is 5.92 Å². The van der Waals surface area contributed by atoms with E-state index in [0.717, 1.165) is 0 Å². The van der Waals surface area contributed by atoms with E-state index in [1.165, 1.54) is 6.07 Å². The van der Waals surface area contributed by atoms with E-state index in [0.29, 0.717) is 17.4 Å². The third-order valence-corrected chi connectivity index (χ3v) is 1.34. The molecule has 3 heteroatoms. The van der Waals surface area contributed by atoms with Gasteiger partial charge in [-0.25, -0.2) is 4.79 Å². The third kappa shape index (κ3) is 2.80. The van der Waals surface area contributed by atoms with Gasteiger partial charge >= 0.3 is 5.97 Å².